The van der Waals surface area contributed by atoms with Gasteiger partial charge in [-0.1, -0.05) is 33.6 Å². The first-order valence-electron chi connectivity index (χ1n) is 12.4. The summed E-state index contributed by atoms with van der Waals surface area (Å²) in [5.74, 6) is 2.35. The number of halogens is 1. The highest BCUT2D eigenvalue weighted by Crippen LogP contribution is 2.27. The SMILES string of the molecule is Cc1ccc(S(=O)(=O)Oc2ccc(Br)cc2/C=N\Nc2cc(N3CCCC3)nc(N3CCCC3)n2)cc1. The molecule has 2 aliphatic heterocycles. The van der Waals surface area contributed by atoms with Crippen LogP contribution in [0.2, 0.25) is 0 Å². The predicted molar refractivity (Wildman–Crippen MR) is 149 cm³/mol. The van der Waals surface area contributed by atoms with Crippen molar-refractivity contribution < 1.29 is 12.6 Å². The van der Waals surface area contributed by atoms with Crippen LogP contribution in [0.3, 0.4) is 0 Å². The Balaban J connectivity index is 1.38. The molecule has 0 unspecified atom stereocenters. The number of aryl methyl sites for hydroxylation is 1. The molecule has 3 aromatic rings. The molecule has 3 heterocycles. The molecular weight excluding hydrogens is 556 g/mol. The fourth-order valence-electron chi connectivity index (χ4n) is 4.38. The normalized spacial score (nSPS) is 16.1. The van der Waals surface area contributed by atoms with E-state index in [4.69, 9.17) is 14.2 Å². The number of hydrogen-bond acceptors (Lipinski definition) is 9. The van der Waals surface area contributed by atoms with E-state index in [1.165, 1.54) is 18.3 Å². The summed E-state index contributed by atoms with van der Waals surface area (Å²) in [4.78, 5) is 14.1. The van der Waals surface area contributed by atoms with Gasteiger partial charge in [0.05, 0.1) is 6.21 Å². The van der Waals surface area contributed by atoms with Gasteiger partial charge in [0.15, 0.2) is 11.6 Å². The van der Waals surface area contributed by atoms with Gasteiger partial charge in [0, 0.05) is 42.3 Å². The lowest BCUT2D eigenvalue weighted by Gasteiger charge is -2.21. The average molecular weight is 586 g/mol. The van der Waals surface area contributed by atoms with E-state index in [9.17, 15) is 8.42 Å². The lowest BCUT2D eigenvalue weighted by Crippen LogP contribution is -2.24. The topological polar surface area (TPSA) is 100 Å². The molecule has 11 heteroatoms. The van der Waals surface area contributed by atoms with Crippen LogP contribution in [0.5, 0.6) is 5.75 Å². The first-order chi connectivity index (χ1) is 17.9. The Labute approximate surface area is 225 Å². The summed E-state index contributed by atoms with van der Waals surface area (Å²) >= 11 is 3.44. The molecule has 2 aromatic carbocycles. The van der Waals surface area contributed by atoms with Gasteiger partial charge in [-0.2, -0.15) is 23.5 Å². The number of nitrogens with one attached hydrogen (secondary N) is 1. The van der Waals surface area contributed by atoms with Crippen LogP contribution in [0.1, 0.15) is 36.8 Å². The van der Waals surface area contributed by atoms with Gasteiger partial charge in [-0.3, -0.25) is 5.43 Å². The van der Waals surface area contributed by atoms with E-state index in [2.05, 4.69) is 36.3 Å². The minimum atomic E-state index is -4.00. The van der Waals surface area contributed by atoms with Crippen LogP contribution in [-0.2, 0) is 10.1 Å². The molecular formula is C26H29BrN6O3S. The van der Waals surface area contributed by atoms with Gasteiger partial charge in [-0.05, 0) is 62.9 Å². The van der Waals surface area contributed by atoms with Gasteiger partial charge in [-0.25, -0.2) is 0 Å². The standard InChI is InChI=1S/C26H29BrN6O3S/c1-19-6-9-22(10-7-19)37(34,35)36-23-11-8-21(27)16-20(23)18-28-31-24-17-25(32-12-2-3-13-32)30-26(29-24)33-14-4-5-15-33/h6-11,16-18H,2-5,12-15H2,1H3,(H,29,30,31)/b28-18-. The van der Waals surface area contributed by atoms with Crippen LogP contribution in [-0.4, -0.2) is 50.8 Å². The second-order valence-corrected chi connectivity index (χ2v) is 11.7. The Bertz CT molecular complexity index is 1350. The van der Waals surface area contributed by atoms with Crippen molar-refractivity contribution >= 4 is 49.8 Å². The van der Waals surface area contributed by atoms with Crippen molar-refractivity contribution in [3.8, 4) is 5.75 Å². The molecule has 0 saturated carbocycles. The molecule has 0 amide bonds. The van der Waals surface area contributed by atoms with Crippen LogP contribution in [0.4, 0.5) is 17.6 Å². The van der Waals surface area contributed by atoms with Crippen molar-refractivity contribution in [3.63, 3.8) is 0 Å². The highest BCUT2D eigenvalue weighted by Gasteiger charge is 2.21. The van der Waals surface area contributed by atoms with E-state index >= 15 is 0 Å². The highest BCUT2D eigenvalue weighted by molar-refractivity contribution is 9.10. The number of aromatic nitrogens is 2. The van der Waals surface area contributed by atoms with Gasteiger partial charge >= 0.3 is 10.1 Å². The highest BCUT2D eigenvalue weighted by atomic mass is 79.9. The fraction of sp³-hybridized carbons (Fsp3) is 0.346. The largest absolute Gasteiger partial charge is 0.378 e. The molecule has 0 radical (unpaired) electrons. The summed E-state index contributed by atoms with van der Waals surface area (Å²) in [6.45, 7) is 5.74. The third-order valence-electron chi connectivity index (χ3n) is 6.38. The van der Waals surface area contributed by atoms with E-state index in [1.807, 2.05) is 13.0 Å². The van der Waals surface area contributed by atoms with Crippen LogP contribution in [0.25, 0.3) is 0 Å². The summed E-state index contributed by atoms with van der Waals surface area (Å²) in [5.41, 5.74) is 4.47. The summed E-state index contributed by atoms with van der Waals surface area (Å²) in [5, 5.41) is 4.37. The summed E-state index contributed by atoms with van der Waals surface area (Å²) in [6.07, 6.45) is 6.10. The van der Waals surface area contributed by atoms with Crippen molar-refractivity contribution in [1.29, 1.82) is 0 Å². The third-order valence-corrected chi connectivity index (χ3v) is 8.13. The van der Waals surface area contributed by atoms with Gasteiger partial charge in [0.1, 0.15) is 10.7 Å². The zero-order chi connectivity index (χ0) is 25.8. The van der Waals surface area contributed by atoms with E-state index in [0.29, 0.717) is 17.3 Å². The zero-order valence-corrected chi connectivity index (χ0v) is 23.0. The van der Waals surface area contributed by atoms with E-state index in [-0.39, 0.29) is 10.6 Å². The summed E-state index contributed by atoms with van der Waals surface area (Å²) < 4.78 is 32.0. The maximum absolute atomic E-state index is 12.9. The van der Waals surface area contributed by atoms with Gasteiger partial charge in [0.2, 0.25) is 5.95 Å². The quantitative estimate of drug-likeness (QED) is 0.225. The zero-order valence-electron chi connectivity index (χ0n) is 20.6. The van der Waals surface area contributed by atoms with Crippen molar-refractivity contribution in [2.24, 2.45) is 5.10 Å². The van der Waals surface area contributed by atoms with Crippen molar-refractivity contribution in [2.45, 2.75) is 37.5 Å². The van der Waals surface area contributed by atoms with Gasteiger partial charge in [0.25, 0.3) is 0 Å². The van der Waals surface area contributed by atoms with Crippen LogP contribution in [0.15, 0.2) is 63.0 Å². The molecule has 1 N–H and O–H groups in total. The Morgan fingerprint density at radius 3 is 2.32 bits per heavy atom. The molecule has 0 atom stereocenters. The third kappa shape index (κ3) is 6.22. The van der Waals surface area contributed by atoms with E-state index in [0.717, 1.165) is 67.7 Å². The maximum atomic E-state index is 12.9. The molecule has 2 aliphatic rings. The average Bonchev–Trinajstić information content (AvgIpc) is 3.61. The molecule has 5 rings (SSSR count). The second-order valence-electron chi connectivity index (χ2n) is 9.20. The molecule has 9 nitrogen and oxygen atoms in total. The van der Waals surface area contributed by atoms with Crippen molar-refractivity contribution in [1.82, 2.24) is 9.97 Å². The molecule has 0 spiro atoms. The number of nitrogens with zero attached hydrogens (tertiary/aromatic N) is 5. The second kappa shape index (κ2) is 11.1. The molecule has 2 saturated heterocycles. The number of hydrogen-bond donors (Lipinski definition) is 1. The molecule has 2 fully saturated rings. The number of rotatable bonds is 8. The van der Waals surface area contributed by atoms with Crippen LogP contribution in [0, 0.1) is 6.92 Å². The molecule has 0 bridgehead atoms. The summed E-state index contributed by atoms with van der Waals surface area (Å²) in [6, 6.07) is 13.5. The first-order valence-corrected chi connectivity index (χ1v) is 14.6. The number of anilines is 3. The van der Waals surface area contributed by atoms with E-state index in [1.54, 1.807) is 30.3 Å². The van der Waals surface area contributed by atoms with Crippen molar-refractivity contribution in [2.75, 3.05) is 41.4 Å². The van der Waals surface area contributed by atoms with Gasteiger partial charge in [-0.15, -0.1) is 0 Å². The van der Waals surface area contributed by atoms with Crippen LogP contribution < -0.4 is 19.4 Å². The van der Waals surface area contributed by atoms with Gasteiger partial charge < -0.3 is 14.0 Å². The number of hydrazone groups is 1. The Morgan fingerprint density at radius 2 is 1.62 bits per heavy atom. The smallest absolute Gasteiger partial charge is 0.339 e. The lowest BCUT2D eigenvalue weighted by atomic mass is 10.2. The Kier molecular flexibility index (Phi) is 7.61. The summed E-state index contributed by atoms with van der Waals surface area (Å²) in [7, 11) is -4.00. The lowest BCUT2D eigenvalue weighted by molar-refractivity contribution is 0.485. The Morgan fingerprint density at radius 1 is 0.946 bits per heavy atom. The minimum Gasteiger partial charge on any atom is -0.378 e. The Hall–Kier alpha value is -3.18. The first kappa shape index (κ1) is 25.5. The van der Waals surface area contributed by atoms with Crippen molar-refractivity contribution in [3.05, 3.63) is 64.1 Å². The molecule has 1 aromatic heterocycles. The fourth-order valence-corrected chi connectivity index (χ4v) is 5.71. The van der Waals surface area contributed by atoms with Crippen LogP contribution >= 0.6 is 15.9 Å². The molecule has 37 heavy (non-hydrogen) atoms. The molecule has 0 aliphatic carbocycles. The minimum absolute atomic E-state index is 0.0897. The monoisotopic (exact) mass is 584 g/mol. The van der Waals surface area contributed by atoms with E-state index < -0.39 is 10.1 Å². The molecule has 194 valence electrons. The maximum Gasteiger partial charge on any atom is 0.339 e. The predicted octanol–water partition coefficient (Wildman–Crippen LogP) is 4.96. The number of benzene rings is 2.